The molecule has 21 heavy (non-hydrogen) atoms. The van der Waals surface area contributed by atoms with E-state index in [0.29, 0.717) is 27.6 Å². The van der Waals surface area contributed by atoms with Crippen molar-refractivity contribution in [3.8, 4) is 5.75 Å². The summed E-state index contributed by atoms with van der Waals surface area (Å²) in [4.78, 5) is 14.0. The third kappa shape index (κ3) is 3.95. The van der Waals surface area contributed by atoms with E-state index in [1.54, 1.807) is 18.2 Å². The molecule has 2 fully saturated rings. The van der Waals surface area contributed by atoms with Crippen molar-refractivity contribution in [3.05, 3.63) is 28.2 Å². The van der Waals surface area contributed by atoms with Gasteiger partial charge in [-0.05, 0) is 30.0 Å². The number of carbonyl (C=O) groups excluding carboxylic acids is 1. The second kappa shape index (κ2) is 7.05. The lowest BCUT2D eigenvalue weighted by molar-refractivity contribution is -0.132. The minimum Gasteiger partial charge on any atom is -0.484 e. The SMILES string of the molecule is Cl.O=C(COc1cc(Cl)cc(Cl)c1)N1C[C@H]2CNC[C@H]2C1. The van der Waals surface area contributed by atoms with Gasteiger partial charge in [0, 0.05) is 36.2 Å². The average Bonchev–Trinajstić information content (AvgIpc) is 2.95. The molecule has 0 radical (unpaired) electrons. The summed E-state index contributed by atoms with van der Waals surface area (Å²) < 4.78 is 5.49. The number of hydrogen-bond acceptors (Lipinski definition) is 3. The lowest BCUT2D eigenvalue weighted by Crippen LogP contribution is -2.35. The molecule has 3 rings (SSSR count). The maximum absolute atomic E-state index is 12.1. The largest absolute Gasteiger partial charge is 0.484 e. The van der Waals surface area contributed by atoms with E-state index in [1.807, 2.05) is 4.90 Å². The number of benzene rings is 1. The van der Waals surface area contributed by atoms with E-state index in [1.165, 1.54) is 0 Å². The topological polar surface area (TPSA) is 41.6 Å². The molecule has 2 aliphatic rings. The van der Waals surface area contributed by atoms with Crippen molar-refractivity contribution < 1.29 is 9.53 Å². The Bertz CT molecular complexity index is 495. The zero-order valence-electron chi connectivity index (χ0n) is 11.4. The third-order valence-electron chi connectivity index (χ3n) is 3.94. The maximum atomic E-state index is 12.1. The van der Waals surface area contributed by atoms with Crippen LogP contribution in [0.25, 0.3) is 0 Å². The predicted molar refractivity (Wildman–Crippen MR) is 85.6 cm³/mol. The summed E-state index contributed by atoms with van der Waals surface area (Å²) in [5, 5.41) is 4.36. The van der Waals surface area contributed by atoms with Crippen molar-refractivity contribution in [2.24, 2.45) is 11.8 Å². The highest BCUT2D eigenvalue weighted by Crippen LogP contribution is 2.27. The Labute approximate surface area is 140 Å². The van der Waals surface area contributed by atoms with Gasteiger partial charge in [-0.2, -0.15) is 0 Å². The molecule has 0 unspecified atom stereocenters. The molecular weight excluding hydrogens is 335 g/mol. The minimum absolute atomic E-state index is 0. The number of nitrogens with one attached hydrogen (secondary N) is 1. The molecule has 7 heteroatoms. The van der Waals surface area contributed by atoms with Crippen LogP contribution in [-0.4, -0.2) is 43.6 Å². The highest BCUT2D eigenvalue weighted by atomic mass is 35.5. The standard InChI is InChI=1S/C14H16Cl2N2O2.ClH/c15-11-1-12(16)3-13(2-11)20-8-14(19)18-6-9-4-17-5-10(9)7-18;/h1-3,9-10,17H,4-8H2;1H/t9-,10+;. The number of likely N-dealkylation sites (tertiary alicyclic amines) is 1. The van der Waals surface area contributed by atoms with Gasteiger partial charge in [0.05, 0.1) is 0 Å². The van der Waals surface area contributed by atoms with E-state index >= 15 is 0 Å². The summed E-state index contributed by atoms with van der Waals surface area (Å²) in [6, 6.07) is 4.94. The van der Waals surface area contributed by atoms with Crippen LogP contribution in [0.1, 0.15) is 0 Å². The number of nitrogens with zero attached hydrogens (tertiary/aromatic N) is 1. The molecule has 2 aliphatic heterocycles. The van der Waals surface area contributed by atoms with Gasteiger partial charge in [-0.3, -0.25) is 4.79 Å². The van der Waals surface area contributed by atoms with Gasteiger partial charge in [0.1, 0.15) is 5.75 Å². The molecule has 0 saturated carbocycles. The van der Waals surface area contributed by atoms with Crippen molar-refractivity contribution in [3.63, 3.8) is 0 Å². The Morgan fingerprint density at radius 1 is 1.19 bits per heavy atom. The lowest BCUT2D eigenvalue weighted by Gasteiger charge is -2.17. The van der Waals surface area contributed by atoms with Gasteiger partial charge >= 0.3 is 0 Å². The van der Waals surface area contributed by atoms with Gasteiger partial charge in [-0.25, -0.2) is 0 Å². The molecule has 4 nitrogen and oxygen atoms in total. The number of fused-ring (bicyclic) bond motifs is 1. The molecule has 0 aromatic heterocycles. The Morgan fingerprint density at radius 3 is 2.33 bits per heavy atom. The third-order valence-corrected chi connectivity index (χ3v) is 4.38. The number of hydrogen-bond donors (Lipinski definition) is 1. The number of ether oxygens (including phenoxy) is 1. The van der Waals surface area contributed by atoms with Gasteiger partial charge < -0.3 is 15.0 Å². The summed E-state index contributed by atoms with van der Waals surface area (Å²) in [5.74, 6) is 1.74. The van der Waals surface area contributed by atoms with Crippen molar-refractivity contribution in [1.29, 1.82) is 0 Å². The molecule has 1 aromatic carbocycles. The van der Waals surface area contributed by atoms with Crippen molar-refractivity contribution in [2.75, 3.05) is 32.8 Å². The maximum Gasteiger partial charge on any atom is 0.260 e. The van der Waals surface area contributed by atoms with Crippen LogP contribution in [0, 0.1) is 11.8 Å². The van der Waals surface area contributed by atoms with Crippen LogP contribution in [0.15, 0.2) is 18.2 Å². The number of carbonyl (C=O) groups is 1. The van der Waals surface area contributed by atoms with E-state index in [4.69, 9.17) is 27.9 Å². The van der Waals surface area contributed by atoms with E-state index in [0.717, 1.165) is 26.2 Å². The van der Waals surface area contributed by atoms with Crippen molar-refractivity contribution in [2.45, 2.75) is 0 Å². The Kier molecular flexibility index (Phi) is 5.60. The first kappa shape index (κ1) is 16.7. The second-order valence-corrected chi connectivity index (χ2v) is 6.24. The van der Waals surface area contributed by atoms with Crippen LogP contribution in [0.5, 0.6) is 5.75 Å². The van der Waals surface area contributed by atoms with Gasteiger partial charge in [0.2, 0.25) is 0 Å². The molecule has 2 saturated heterocycles. The van der Waals surface area contributed by atoms with Crippen LogP contribution < -0.4 is 10.1 Å². The van der Waals surface area contributed by atoms with Crippen LogP contribution in [0.2, 0.25) is 10.0 Å². The quantitative estimate of drug-likeness (QED) is 0.909. The molecule has 0 bridgehead atoms. The monoisotopic (exact) mass is 350 g/mol. The van der Waals surface area contributed by atoms with Gasteiger partial charge in [-0.1, -0.05) is 23.2 Å². The highest BCUT2D eigenvalue weighted by molar-refractivity contribution is 6.34. The molecular formula is C14H17Cl3N2O2. The van der Waals surface area contributed by atoms with Crippen LogP contribution in [0.4, 0.5) is 0 Å². The zero-order chi connectivity index (χ0) is 14.1. The fourth-order valence-electron chi connectivity index (χ4n) is 2.91. The van der Waals surface area contributed by atoms with E-state index in [2.05, 4.69) is 5.32 Å². The number of halogens is 3. The summed E-state index contributed by atoms with van der Waals surface area (Å²) in [6.07, 6.45) is 0. The van der Waals surface area contributed by atoms with Crippen molar-refractivity contribution in [1.82, 2.24) is 10.2 Å². The fourth-order valence-corrected chi connectivity index (χ4v) is 3.41. The molecule has 2 atom stereocenters. The fraction of sp³-hybridized carbons (Fsp3) is 0.500. The highest BCUT2D eigenvalue weighted by Gasteiger charge is 2.37. The predicted octanol–water partition coefficient (Wildman–Crippen LogP) is 2.47. The number of amides is 1. The van der Waals surface area contributed by atoms with E-state index < -0.39 is 0 Å². The normalized spacial score (nSPS) is 23.6. The van der Waals surface area contributed by atoms with Crippen molar-refractivity contribution >= 4 is 41.5 Å². The molecule has 116 valence electrons. The van der Waals surface area contributed by atoms with Gasteiger partial charge in [0.15, 0.2) is 6.61 Å². The summed E-state index contributed by atoms with van der Waals surface area (Å²) in [5.41, 5.74) is 0. The smallest absolute Gasteiger partial charge is 0.260 e. The Morgan fingerprint density at radius 2 is 1.76 bits per heavy atom. The molecule has 2 heterocycles. The molecule has 1 N–H and O–H groups in total. The first-order chi connectivity index (χ1) is 9.61. The van der Waals surface area contributed by atoms with Gasteiger partial charge in [-0.15, -0.1) is 12.4 Å². The summed E-state index contributed by atoms with van der Waals surface area (Å²) >= 11 is 11.8. The summed E-state index contributed by atoms with van der Waals surface area (Å²) in [6.45, 7) is 3.72. The second-order valence-electron chi connectivity index (χ2n) is 5.37. The average molecular weight is 352 g/mol. The first-order valence-corrected chi connectivity index (χ1v) is 7.45. The van der Waals surface area contributed by atoms with Crippen LogP contribution in [-0.2, 0) is 4.79 Å². The van der Waals surface area contributed by atoms with Crippen LogP contribution >= 0.6 is 35.6 Å². The molecule has 0 aliphatic carbocycles. The minimum atomic E-state index is 0. The lowest BCUT2D eigenvalue weighted by atomic mass is 10.0. The van der Waals surface area contributed by atoms with Crippen LogP contribution in [0.3, 0.4) is 0 Å². The Balaban J connectivity index is 0.00000161. The van der Waals surface area contributed by atoms with Gasteiger partial charge in [0.25, 0.3) is 5.91 Å². The van der Waals surface area contributed by atoms with E-state index in [-0.39, 0.29) is 24.9 Å². The molecule has 0 spiro atoms. The van der Waals surface area contributed by atoms with E-state index in [9.17, 15) is 4.79 Å². The number of rotatable bonds is 3. The summed E-state index contributed by atoms with van der Waals surface area (Å²) in [7, 11) is 0. The first-order valence-electron chi connectivity index (χ1n) is 6.69. The zero-order valence-corrected chi connectivity index (χ0v) is 13.7. The Hall–Kier alpha value is -0.680. The molecule has 1 amide bonds. The molecule has 1 aromatic rings.